The van der Waals surface area contributed by atoms with Gasteiger partial charge in [0.2, 0.25) is 0 Å². The summed E-state index contributed by atoms with van der Waals surface area (Å²) in [6, 6.07) is 8.06. The lowest BCUT2D eigenvalue weighted by atomic mass is 10.2. The smallest absolute Gasteiger partial charge is 0.120 e. The topological polar surface area (TPSA) is 30.9 Å². The summed E-state index contributed by atoms with van der Waals surface area (Å²) in [5, 5.41) is 3.19. The lowest BCUT2D eigenvalue weighted by Gasteiger charge is -1.93. The van der Waals surface area contributed by atoms with Crippen molar-refractivity contribution in [1.29, 1.82) is 0 Å². The predicted molar refractivity (Wildman–Crippen MR) is 57.3 cm³/mol. The first-order valence-electron chi connectivity index (χ1n) is 4.44. The number of allylic oxidation sites excluding steroid dienone is 1. The molecule has 1 aliphatic rings. The molecule has 2 aromatic rings. The minimum Gasteiger partial charge on any atom is -0.338 e. The van der Waals surface area contributed by atoms with E-state index >= 15 is 0 Å². The summed E-state index contributed by atoms with van der Waals surface area (Å²) in [4.78, 5) is 0. The summed E-state index contributed by atoms with van der Waals surface area (Å²) >= 11 is 0. The molecule has 0 unspecified atom stereocenters. The van der Waals surface area contributed by atoms with Crippen molar-refractivity contribution in [3.05, 3.63) is 46.6 Å². The number of hydrogen-bond donors (Lipinski definition) is 1. The van der Waals surface area contributed by atoms with Gasteiger partial charge in [0, 0.05) is 10.6 Å². The van der Waals surface area contributed by atoms with Crippen molar-refractivity contribution >= 4 is 22.7 Å². The zero-order chi connectivity index (χ0) is 9.54. The fraction of sp³-hybridized carbons (Fsp3) is 0. The summed E-state index contributed by atoms with van der Waals surface area (Å²) in [7, 11) is 0. The zero-order valence-electron chi connectivity index (χ0n) is 7.49. The molecule has 0 fully saturated rings. The molecule has 2 heteroatoms. The molecule has 2 nitrogen and oxygen atoms in total. The van der Waals surface area contributed by atoms with E-state index in [9.17, 15) is 0 Å². The van der Waals surface area contributed by atoms with Gasteiger partial charge < -0.3 is 5.84 Å². The first-order chi connectivity index (χ1) is 6.88. The number of nitrogens with zero attached hydrogens (tertiary/aromatic N) is 1. The third-order valence-corrected chi connectivity index (χ3v) is 2.47. The predicted octanol–water partition coefficient (Wildman–Crippen LogP) is 0.240. The molecule has 66 valence electrons. The fourth-order valence-electron chi connectivity index (χ4n) is 1.82. The molecular formula is C12H8N2. The first kappa shape index (κ1) is 7.28. The number of para-hydroxylation sites is 1. The Morgan fingerprint density at radius 3 is 3.00 bits per heavy atom. The van der Waals surface area contributed by atoms with E-state index < -0.39 is 0 Å². The minimum atomic E-state index is 0.897. The Morgan fingerprint density at radius 1 is 1.21 bits per heavy atom. The Balaban J connectivity index is 2.80. The van der Waals surface area contributed by atoms with Gasteiger partial charge in [-0.25, -0.2) is 0 Å². The quantitative estimate of drug-likeness (QED) is 0.457. The van der Waals surface area contributed by atoms with E-state index in [1.165, 1.54) is 0 Å². The summed E-state index contributed by atoms with van der Waals surface area (Å²) in [6.45, 7) is 0. The Hall–Kier alpha value is -2.14. The Bertz CT molecular complexity index is 707. The normalized spacial score (nSPS) is 12.3. The largest absolute Gasteiger partial charge is 0.338 e. The molecule has 0 amide bonds. The molecule has 2 N–H and O–H groups in total. The van der Waals surface area contributed by atoms with Crippen LogP contribution in [0.3, 0.4) is 0 Å². The van der Waals surface area contributed by atoms with Crippen LogP contribution in [0.1, 0.15) is 0 Å². The Morgan fingerprint density at radius 2 is 2.07 bits per heavy atom. The van der Waals surface area contributed by atoms with Crippen LogP contribution in [0.15, 0.2) is 36.1 Å². The number of nitrogen functional groups attached to an aromatic ring is 1. The van der Waals surface area contributed by atoms with E-state index in [2.05, 4.69) is 17.5 Å². The van der Waals surface area contributed by atoms with Crippen molar-refractivity contribution < 1.29 is 0 Å². The minimum absolute atomic E-state index is 0.897. The zero-order valence-corrected chi connectivity index (χ0v) is 7.49. The van der Waals surface area contributed by atoms with Crippen LogP contribution < -0.4 is 16.4 Å². The van der Waals surface area contributed by atoms with Crippen LogP contribution in [0.25, 0.3) is 22.7 Å². The number of aromatic nitrogens is 1. The number of rotatable bonds is 0. The lowest BCUT2D eigenvalue weighted by Crippen LogP contribution is -2.32. The Labute approximate surface area is 80.5 Å². The van der Waals surface area contributed by atoms with Gasteiger partial charge in [0.25, 0.3) is 0 Å². The highest BCUT2D eigenvalue weighted by molar-refractivity contribution is 5.82. The second-order valence-corrected chi connectivity index (χ2v) is 3.25. The van der Waals surface area contributed by atoms with Gasteiger partial charge >= 0.3 is 0 Å². The molecule has 0 saturated carbocycles. The highest BCUT2D eigenvalue weighted by atomic mass is 15.3. The second-order valence-electron chi connectivity index (χ2n) is 3.25. The molecule has 1 aromatic carbocycles. The third kappa shape index (κ3) is 0.763. The first-order valence-corrected chi connectivity index (χ1v) is 4.44. The Kier molecular flexibility index (Phi) is 1.26. The van der Waals surface area contributed by atoms with Crippen molar-refractivity contribution in [2.45, 2.75) is 0 Å². The molecule has 0 spiro atoms. The van der Waals surface area contributed by atoms with Crippen LogP contribution in [0.4, 0.5) is 0 Å². The summed E-state index contributed by atoms with van der Waals surface area (Å²) in [6.07, 6.45) is 3.87. The van der Waals surface area contributed by atoms with E-state index in [0.717, 1.165) is 21.5 Å². The van der Waals surface area contributed by atoms with Gasteiger partial charge in [-0.15, -0.1) is 0 Å². The van der Waals surface area contributed by atoms with Gasteiger partial charge in [0.1, 0.15) is 5.35 Å². The van der Waals surface area contributed by atoms with Crippen molar-refractivity contribution in [3.63, 3.8) is 0 Å². The van der Waals surface area contributed by atoms with E-state index in [-0.39, 0.29) is 0 Å². The maximum Gasteiger partial charge on any atom is 0.120 e. The maximum absolute atomic E-state index is 5.94. The SMILES string of the molecule is Nn1c2c(c3ccccc31)=CC=C=C=2. The molecule has 0 radical (unpaired) electrons. The fourth-order valence-corrected chi connectivity index (χ4v) is 1.82. The van der Waals surface area contributed by atoms with Crippen molar-refractivity contribution in [1.82, 2.24) is 4.68 Å². The molecule has 0 aliphatic heterocycles. The molecule has 14 heavy (non-hydrogen) atoms. The maximum atomic E-state index is 5.94. The van der Waals surface area contributed by atoms with Crippen LogP contribution in [-0.2, 0) is 0 Å². The van der Waals surface area contributed by atoms with Gasteiger partial charge in [-0.3, -0.25) is 4.68 Å². The van der Waals surface area contributed by atoms with Crippen LogP contribution in [0.2, 0.25) is 0 Å². The van der Waals surface area contributed by atoms with Gasteiger partial charge in [0.05, 0.1) is 5.52 Å². The molecule has 1 heterocycles. The number of fused-ring (bicyclic) bond motifs is 3. The van der Waals surface area contributed by atoms with Gasteiger partial charge in [-0.2, -0.15) is 0 Å². The van der Waals surface area contributed by atoms with Crippen LogP contribution in [0, 0.1) is 0 Å². The van der Waals surface area contributed by atoms with Crippen molar-refractivity contribution in [3.8, 4) is 0 Å². The molecule has 1 aromatic heterocycles. The molecule has 0 bridgehead atoms. The second kappa shape index (κ2) is 2.43. The summed E-state index contributed by atoms with van der Waals surface area (Å²) in [5.41, 5.74) is 6.96. The van der Waals surface area contributed by atoms with E-state index in [0.29, 0.717) is 0 Å². The number of hydrogen-bond acceptors (Lipinski definition) is 1. The lowest BCUT2D eigenvalue weighted by molar-refractivity contribution is 1.01. The number of benzene rings is 1. The monoisotopic (exact) mass is 180 g/mol. The van der Waals surface area contributed by atoms with Crippen LogP contribution >= 0.6 is 0 Å². The van der Waals surface area contributed by atoms with Crippen LogP contribution in [0.5, 0.6) is 0 Å². The average molecular weight is 180 g/mol. The van der Waals surface area contributed by atoms with Crippen LogP contribution in [-0.4, -0.2) is 4.68 Å². The molecule has 1 aliphatic carbocycles. The molecule has 3 rings (SSSR count). The average Bonchev–Trinajstić information content (AvgIpc) is 2.55. The summed E-state index contributed by atoms with van der Waals surface area (Å²) < 4.78 is 1.65. The van der Waals surface area contributed by atoms with Crippen molar-refractivity contribution in [2.75, 3.05) is 5.84 Å². The standard InChI is InChI=1S/C12H8N2/c13-14-11-7-3-1-5-9(11)10-6-2-4-8-12(10)14/h1-3,5-7H,13H2. The molecule has 0 saturated heterocycles. The van der Waals surface area contributed by atoms with E-state index in [1.807, 2.05) is 30.4 Å². The molecular weight excluding hydrogens is 172 g/mol. The third-order valence-electron chi connectivity index (χ3n) is 2.47. The van der Waals surface area contributed by atoms with Crippen molar-refractivity contribution in [2.24, 2.45) is 0 Å². The van der Waals surface area contributed by atoms with Gasteiger partial charge in [-0.05, 0) is 23.9 Å². The van der Waals surface area contributed by atoms with Gasteiger partial charge in [0.15, 0.2) is 0 Å². The van der Waals surface area contributed by atoms with E-state index in [4.69, 9.17) is 5.84 Å². The highest BCUT2D eigenvalue weighted by Crippen LogP contribution is 2.05. The van der Waals surface area contributed by atoms with Gasteiger partial charge in [-0.1, -0.05) is 23.9 Å². The van der Waals surface area contributed by atoms with E-state index in [1.54, 1.807) is 4.68 Å². The molecule has 0 atom stereocenters. The number of nitrogens with two attached hydrogens (primary N) is 1. The highest BCUT2D eigenvalue weighted by Gasteiger charge is 2.03. The summed E-state index contributed by atoms with van der Waals surface area (Å²) in [5.74, 6) is 5.94.